The minimum atomic E-state index is -0.460. The van der Waals surface area contributed by atoms with Crippen LogP contribution in [0.5, 0.6) is 0 Å². The summed E-state index contributed by atoms with van der Waals surface area (Å²) >= 11 is 6.90. The predicted molar refractivity (Wildman–Crippen MR) is 158 cm³/mol. The lowest BCUT2D eigenvalue weighted by molar-refractivity contribution is 0.0724. The van der Waals surface area contributed by atoms with E-state index in [-0.39, 0.29) is 11.8 Å². The quantitative estimate of drug-likeness (QED) is 0.316. The molecule has 2 amide bonds. The third-order valence-corrected chi connectivity index (χ3v) is 8.64. The van der Waals surface area contributed by atoms with Crippen LogP contribution in [0.1, 0.15) is 78.3 Å². The fourth-order valence-electron chi connectivity index (χ4n) is 5.73. The number of pyridine rings is 2. The number of rotatable bonds is 10. The normalized spacial score (nSPS) is 16.9. The topological polar surface area (TPSA) is 108 Å². The van der Waals surface area contributed by atoms with E-state index >= 15 is 0 Å². The Bertz CT molecular complexity index is 1480. The second kappa shape index (κ2) is 12.9. The molecule has 0 spiro atoms. The monoisotopic (exact) mass is 573 g/mol. The largest absolute Gasteiger partial charge is 0.450 e. The molecule has 0 radical (unpaired) electrons. The van der Waals surface area contributed by atoms with Gasteiger partial charge in [0, 0.05) is 42.5 Å². The highest BCUT2D eigenvalue weighted by Crippen LogP contribution is 2.39. The van der Waals surface area contributed by atoms with Gasteiger partial charge in [0.25, 0.3) is 5.91 Å². The van der Waals surface area contributed by atoms with Crippen LogP contribution >= 0.6 is 11.6 Å². The number of fused-ring (bicyclic) bond motifs is 2. The highest BCUT2D eigenvalue weighted by molar-refractivity contribution is 6.36. The Morgan fingerprint density at radius 1 is 1.24 bits per heavy atom. The average Bonchev–Trinajstić information content (AvgIpc) is 3.85. The smallest absolute Gasteiger partial charge is 0.407 e. The van der Waals surface area contributed by atoms with Gasteiger partial charge >= 0.3 is 6.09 Å². The lowest BCUT2D eigenvalue weighted by atomic mass is 9.82. The van der Waals surface area contributed by atoms with Crippen molar-refractivity contribution in [2.45, 2.75) is 58.3 Å². The van der Waals surface area contributed by atoms with Crippen molar-refractivity contribution in [2.24, 2.45) is 11.8 Å². The lowest BCUT2D eigenvalue weighted by Crippen LogP contribution is -2.41. The average molecular weight is 574 g/mol. The first-order valence-corrected chi connectivity index (χ1v) is 14.9. The summed E-state index contributed by atoms with van der Waals surface area (Å²) in [5, 5.41) is 13.6. The molecule has 8 nitrogen and oxygen atoms in total. The van der Waals surface area contributed by atoms with Crippen LogP contribution in [-0.4, -0.2) is 53.1 Å². The molecule has 2 aromatic heterocycles. The lowest BCUT2D eigenvalue weighted by Gasteiger charge is -2.27. The van der Waals surface area contributed by atoms with Gasteiger partial charge < -0.3 is 15.0 Å². The molecule has 1 fully saturated rings. The molecule has 2 aliphatic carbocycles. The van der Waals surface area contributed by atoms with E-state index in [1.165, 1.54) is 12.8 Å². The molecule has 214 valence electrons. The molecular weight excluding hydrogens is 538 g/mol. The van der Waals surface area contributed by atoms with E-state index in [4.69, 9.17) is 21.3 Å². The molecule has 0 aliphatic heterocycles. The van der Waals surface area contributed by atoms with Crippen molar-refractivity contribution in [3.63, 3.8) is 0 Å². The molecule has 1 saturated carbocycles. The highest BCUT2D eigenvalue weighted by Gasteiger charge is 2.31. The standard InChI is InChI=1S/C32H36ClN5O3/c1-3-14-41-32(40)36-12-13-38(19-20(2)21-4-5-21)31(39)24-7-9-27-29(17-24)37-28-16-22(6-8-26(28)30(27)33)23-10-11-35-25(15-23)18-34/h7,9-11,15,17,20-22H,3-6,8,12-14,16,19H2,1-2H3,(H,36,40)/t20-,22?/m1/s1. The van der Waals surface area contributed by atoms with Gasteiger partial charge in [-0.15, -0.1) is 0 Å². The number of nitrogens with one attached hydrogen (secondary N) is 1. The van der Waals surface area contributed by atoms with E-state index in [1.807, 2.05) is 42.2 Å². The fourth-order valence-corrected chi connectivity index (χ4v) is 6.09. The van der Waals surface area contributed by atoms with Crippen molar-refractivity contribution >= 4 is 34.5 Å². The van der Waals surface area contributed by atoms with Gasteiger partial charge in [-0.05, 0) is 91.7 Å². The molecule has 9 heteroatoms. The second-order valence-corrected chi connectivity index (χ2v) is 11.6. The van der Waals surface area contributed by atoms with Crippen LogP contribution in [-0.2, 0) is 17.6 Å². The van der Waals surface area contributed by atoms with Crippen molar-refractivity contribution in [3.8, 4) is 6.07 Å². The molecule has 1 unspecified atom stereocenters. The zero-order valence-electron chi connectivity index (χ0n) is 23.7. The molecule has 2 atom stereocenters. The van der Waals surface area contributed by atoms with Crippen LogP contribution in [0.3, 0.4) is 0 Å². The van der Waals surface area contributed by atoms with Crippen molar-refractivity contribution < 1.29 is 14.3 Å². The van der Waals surface area contributed by atoms with E-state index in [2.05, 4.69) is 23.3 Å². The summed E-state index contributed by atoms with van der Waals surface area (Å²) in [6.07, 6.45) is 6.81. The van der Waals surface area contributed by atoms with Crippen molar-refractivity contribution in [3.05, 3.63) is 69.6 Å². The van der Waals surface area contributed by atoms with Crippen LogP contribution in [0.15, 0.2) is 36.5 Å². The third kappa shape index (κ3) is 6.79. The molecule has 1 N–H and O–H groups in total. The van der Waals surface area contributed by atoms with E-state index < -0.39 is 6.09 Å². The SMILES string of the molecule is CCCOC(=O)NCCN(C[C@@H](C)C1CC1)C(=O)c1ccc2c(Cl)c3c(nc2c1)CC(c1ccnc(C#N)c1)CC3. The number of ether oxygens (including phenoxy) is 1. The summed E-state index contributed by atoms with van der Waals surface area (Å²) in [5.41, 5.74) is 4.74. The zero-order valence-corrected chi connectivity index (χ0v) is 24.4. The summed E-state index contributed by atoms with van der Waals surface area (Å²) in [4.78, 5) is 36.6. The Morgan fingerprint density at radius 3 is 2.83 bits per heavy atom. The highest BCUT2D eigenvalue weighted by atomic mass is 35.5. The van der Waals surface area contributed by atoms with Gasteiger partial charge in [-0.3, -0.25) is 9.78 Å². The molecule has 2 heterocycles. The number of carbonyl (C=O) groups excluding carboxylic acids is 2. The van der Waals surface area contributed by atoms with E-state index in [0.717, 1.165) is 41.5 Å². The zero-order chi connectivity index (χ0) is 28.9. The fraction of sp³-hybridized carbons (Fsp3) is 0.469. The number of carbonyl (C=O) groups is 2. The summed E-state index contributed by atoms with van der Waals surface area (Å²) in [5.74, 6) is 1.17. The predicted octanol–water partition coefficient (Wildman–Crippen LogP) is 6.05. The number of halogens is 1. The Balaban J connectivity index is 1.37. The van der Waals surface area contributed by atoms with Crippen molar-refractivity contribution in [1.29, 1.82) is 5.26 Å². The number of nitrogens with zero attached hydrogens (tertiary/aromatic N) is 4. The third-order valence-electron chi connectivity index (χ3n) is 8.21. The molecule has 5 rings (SSSR count). The van der Waals surface area contributed by atoms with Crippen LogP contribution in [0.2, 0.25) is 5.02 Å². The van der Waals surface area contributed by atoms with E-state index in [1.54, 1.807) is 6.20 Å². The molecular formula is C32H36ClN5O3. The number of alkyl carbamates (subject to hydrolysis) is 1. The van der Waals surface area contributed by atoms with Gasteiger partial charge in [-0.25, -0.2) is 9.78 Å². The Hall–Kier alpha value is -3.70. The summed E-state index contributed by atoms with van der Waals surface area (Å²) < 4.78 is 5.11. The first kappa shape index (κ1) is 28.8. The van der Waals surface area contributed by atoms with Gasteiger partial charge in [0.15, 0.2) is 0 Å². The van der Waals surface area contributed by atoms with Gasteiger partial charge in [0.2, 0.25) is 0 Å². The molecule has 0 saturated heterocycles. The maximum atomic E-state index is 13.8. The van der Waals surface area contributed by atoms with Gasteiger partial charge in [0.1, 0.15) is 11.8 Å². The maximum absolute atomic E-state index is 13.8. The molecule has 41 heavy (non-hydrogen) atoms. The minimum absolute atomic E-state index is 0.0857. The summed E-state index contributed by atoms with van der Waals surface area (Å²) in [7, 11) is 0. The van der Waals surface area contributed by atoms with Gasteiger partial charge in [-0.1, -0.05) is 31.5 Å². The van der Waals surface area contributed by atoms with Crippen LogP contribution in [0.25, 0.3) is 10.9 Å². The Labute approximate surface area is 246 Å². The molecule has 0 bridgehead atoms. The van der Waals surface area contributed by atoms with Gasteiger partial charge in [0.05, 0.1) is 17.1 Å². The van der Waals surface area contributed by atoms with E-state index in [9.17, 15) is 14.9 Å². The maximum Gasteiger partial charge on any atom is 0.407 e. The summed E-state index contributed by atoms with van der Waals surface area (Å²) in [6, 6.07) is 11.5. The molecule has 3 aromatic rings. The van der Waals surface area contributed by atoms with Crippen LogP contribution in [0.4, 0.5) is 4.79 Å². The first-order valence-electron chi connectivity index (χ1n) is 14.5. The number of amides is 2. The number of benzene rings is 1. The number of hydrogen-bond donors (Lipinski definition) is 1. The Kier molecular flexibility index (Phi) is 9.04. The first-order chi connectivity index (χ1) is 19.9. The molecule has 1 aromatic carbocycles. The van der Waals surface area contributed by atoms with Crippen LogP contribution < -0.4 is 5.32 Å². The van der Waals surface area contributed by atoms with Crippen molar-refractivity contribution in [1.82, 2.24) is 20.2 Å². The van der Waals surface area contributed by atoms with Gasteiger partial charge in [-0.2, -0.15) is 5.26 Å². The van der Waals surface area contributed by atoms with Crippen molar-refractivity contribution in [2.75, 3.05) is 26.2 Å². The number of aromatic nitrogens is 2. The minimum Gasteiger partial charge on any atom is -0.450 e. The second-order valence-electron chi connectivity index (χ2n) is 11.2. The van der Waals surface area contributed by atoms with Crippen LogP contribution in [0, 0.1) is 23.2 Å². The number of hydrogen-bond acceptors (Lipinski definition) is 6. The summed E-state index contributed by atoms with van der Waals surface area (Å²) in [6.45, 7) is 5.84. The van der Waals surface area contributed by atoms with E-state index in [0.29, 0.717) is 66.3 Å². The molecule has 2 aliphatic rings. The number of nitriles is 1. The Morgan fingerprint density at radius 2 is 2.07 bits per heavy atom.